The van der Waals surface area contributed by atoms with E-state index in [9.17, 15) is 4.79 Å². The molecule has 0 unspecified atom stereocenters. The number of aryl methyl sites for hydroxylation is 2. The summed E-state index contributed by atoms with van der Waals surface area (Å²) in [7, 11) is 0. The summed E-state index contributed by atoms with van der Waals surface area (Å²) in [6.07, 6.45) is 0. The topological polar surface area (TPSA) is 44.8 Å². The number of rotatable bonds is 7. The minimum Gasteiger partial charge on any atom is -0.490 e. The van der Waals surface area contributed by atoms with Crippen LogP contribution in [0.3, 0.4) is 0 Å². The lowest BCUT2D eigenvalue weighted by Crippen LogP contribution is -2.14. The zero-order valence-electron chi connectivity index (χ0n) is 15.5. The van der Waals surface area contributed by atoms with Crippen LogP contribution in [0.2, 0.25) is 0 Å². The maximum Gasteiger partial charge on any atom is 0.347 e. The lowest BCUT2D eigenvalue weighted by molar-refractivity contribution is 0.0729. The quantitative estimate of drug-likeness (QED) is 0.338. The molecule has 0 saturated heterocycles. The van der Waals surface area contributed by atoms with E-state index in [2.05, 4.69) is 0 Å². The maximum atomic E-state index is 12.6. The summed E-state index contributed by atoms with van der Waals surface area (Å²) in [6, 6.07) is 22.1. The highest BCUT2D eigenvalue weighted by molar-refractivity contribution is 5.94. The van der Waals surface area contributed by atoms with Gasteiger partial charge in [-0.05, 0) is 61.4 Å². The Hall–Kier alpha value is -3.27. The van der Waals surface area contributed by atoms with Gasteiger partial charge in [-0.1, -0.05) is 36.4 Å². The van der Waals surface area contributed by atoms with Gasteiger partial charge in [0.05, 0.1) is 0 Å². The van der Waals surface area contributed by atoms with Gasteiger partial charge in [-0.2, -0.15) is 0 Å². The molecule has 0 bridgehead atoms. The first-order valence-electron chi connectivity index (χ1n) is 8.82. The summed E-state index contributed by atoms with van der Waals surface area (Å²) in [5.74, 6) is 1.33. The molecular formula is C23H22O4. The molecule has 3 aromatic carbocycles. The average Bonchev–Trinajstić information content (AvgIpc) is 2.69. The maximum absolute atomic E-state index is 12.6. The van der Waals surface area contributed by atoms with E-state index in [-0.39, 0.29) is 0 Å². The van der Waals surface area contributed by atoms with E-state index < -0.39 is 5.97 Å². The largest absolute Gasteiger partial charge is 0.490 e. The summed E-state index contributed by atoms with van der Waals surface area (Å²) in [5.41, 5.74) is 2.61. The zero-order valence-corrected chi connectivity index (χ0v) is 15.5. The minimum atomic E-state index is -0.446. The molecule has 4 nitrogen and oxygen atoms in total. The monoisotopic (exact) mass is 362 g/mol. The van der Waals surface area contributed by atoms with Crippen LogP contribution in [0.5, 0.6) is 17.2 Å². The number of hydrogen-bond acceptors (Lipinski definition) is 4. The summed E-state index contributed by atoms with van der Waals surface area (Å²) in [4.78, 5) is 12.6. The molecule has 0 N–H and O–H groups in total. The Kier molecular flexibility index (Phi) is 6.10. The van der Waals surface area contributed by atoms with E-state index in [1.807, 2.05) is 62.4 Å². The fraction of sp³-hybridized carbons (Fsp3) is 0.174. The Bertz CT molecular complexity index is 903. The number of carbonyl (C=O) groups excluding carboxylic acids is 1. The first-order valence-corrected chi connectivity index (χ1v) is 8.82. The third-order valence-electron chi connectivity index (χ3n) is 4.15. The van der Waals surface area contributed by atoms with Crippen LogP contribution in [0.25, 0.3) is 0 Å². The van der Waals surface area contributed by atoms with E-state index in [1.165, 1.54) is 0 Å². The molecule has 0 saturated carbocycles. The van der Waals surface area contributed by atoms with Gasteiger partial charge >= 0.3 is 5.97 Å². The number of esters is 1. The van der Waals surface area contributed by atoms with E-state index in [0.29, 0.717) is 30.3 Å². The van der Waals surface area contributed by atoms with Crippen molar-refractivity contribution in [3.63, 3.8) is 0 Å². The Morgan fingerprint density at radius 1 is 0.741 bits per heavy atom. The molecule has 0 radical (unpaired) electrons. The number of hydrogen-bond donors (Lipinski definition) is 0. The van der Waals surface area contributed by atoms with Crippen LogP contribution < -0.4 is 14.2 Å². The van der Waals surface area contributed by atoms with Gasteiger partial charge in [0.25, 0.3) is 0 Å². The highest BCUT2D eigenvalue weighted by atomic mass is 16.5. The Morgan fingerprint density at radius 2 is 1.44 bits per heavy atom. The SMILES string of the molecule is Cc1ccc(OC(=O)c2ccccc2OCCOc2ccccc2)cc1C. The molecule has 27 heavy (non-hydrogen) atoms. The summed E-state index contributed by atoms with van der Waals surface area (Å²) in [6.45, 7) is 4.70. The van der Waals surface area contributed by atoms with Crippen LogP contribution in [0.15, 0.2) is 72.8 Å². The van der Waals surface area contributed by atoms with Crippen LogP contribution in [0.4, 0.5) is 0 Å². The second-order valence-corrected chi connectivity index (χ2v) is 6.14. The van der Waals surface area contributed by atoms with Crippen molar-refractivity contribution >= 4 is 5.97 Å². The number of benzene rings is 3. The molecule has 0 amide bonds. The van der Waals surface area contributed by atoms with E-state index in [1.54, 1.807) is 24.3 Å². The highest BCUT2D eigenvalue weighted by Crippen LogP contribution is 2.22. The molecule has 0 aliphatic rings. The molecule has 3 rings (SSSR count). The van der Waals surface area contributed by atoms with Crippen molar-refractivity contribution in [2.45, 2.75) is 13.8 Å². The highest BCUT2D eigenvalue weighted by Gasteiger charge is 2.15. The van der Waals surface area contributed by atoms with Crippen molar-refractivity contribution in [1.82, 2.24) is 0 Å². The van der Waals surface area contributed by atoms with Gasteiger partial charge in [0.2, 0.25) is 0 Å². The molecule has 0 atom stereocenters. The fourth-order valence-corrected chi connectivity index (χ4v) is 2.53. The van der Waals surface area contributed by atoms with Gasteiger partial charge in [-0.15, -0.1) is 0 Å². The molecule has 3 aromatic rings. The molecule has 0 spiro atoms. The molecule has 0 aliphatic carbocycles. The molecule has 0 aliphatic heterocycles. The molecule has 0 heterocycles. The molecule has 0 fully saturated rings. The van der Waals surface area contributed by atoms with Crippen molar-refractivity contribution in [3.8, 4) is 17.2 Å². The summed E-state index contributed by atoms with van der Waals surface area (Å²) >= 11 is 0. The van der Waals surface area contributed by atoms with Gasteiger partial charge in [-0.3, -0.25) is 0 Å². The lowest BCUT2D eigenvalue weighted by atomic mass is 10.1. The minimum absolute atomic E-state index is 0.322. The standard InChI is InChI=1S/C23H22O4/c1-17-12-13-20(16-18(17)2)27-23(24)21-10-6-7-11-22(21)26-15-14-25-19-8-4-3-5-9-19/h3-13,16H,14-15H2,1-2H3. The van der Waals surface area contributed by atoms with Crippen molar-refractivity contribution in [2.24, 2.45) is 0 Å². The van der Waals surface area contributed by atoms with Gasteiger partial charge in [0.15, 0.2) is 0 Å². The third kappa shape index (κ3) is 5.11. The lowest BCUT2D eigenvalue weighted by Gasteiger charge is -2.12. The fourth-order valence-electron chi connectivity index (χ4n) is 2.53. The smallest absolute Gasteiger partial charge is 0.347 e. The van der Waals surface area contributed by atoms with Crippen molar-refractivity contribution in [1.29, 1.82) is 0 Å². The van der Waals surface area contributed by atoms with E-state index >= 15 is 0 Å². The Labute approximate surface area is 159 Å². The average molecular weight is 362 g/mol. The Balaban J connectivity index is 1.60. The molecular weight excluding hydrogens is 340 g/mol. The van der Waals surface area contributed by atoms with Crippen molar-refractivity contribution in [3.05, 3.63) is 89.5 Å². The van der Waals surface area contributed by atoms with Crippen LogP contribution in [-0.4, -0.2) is 19.2 Å². The first-order chi connectivity index (χ1) is 13.1. The van der Waals surface area contributed by atoms with Crippen LogP contribution >= 0.6 is 0 Å². The van der Waals surface area contributed by atoms with Crippen molar-refractivity contribution < 1.29 is 19.0 Å². The van der Waals surface area contributed by atoms with Crippen molar-refractivity contribution in [2.75, 3.05) is 13.2 Å². The summed E-state index contributed by atoms with van der Waals surface area (Å²) in [5, 5.41) is 0. The normalized spacial score (nSPS) is 10.3. The first kappa shape index (κ1) is 18.5. The van der Waals surface area contributed by atoms with Crippen LogP contribution in [0, 0.1) is 13.8 Å². The van der Waals surface area contributed by atoms with E-state index in [0.717, 1.165) is 16.9 Å². The molecule has 4 heteroatoms. The van der Waals surface area contributed by atoms with Crippen LogP contribution in [-0.2, 0) is 0 Å². The number of carbonyl (C=O) groups is 1. The second-order valence-electron chi connectivity index (χ2n) is 6.14. The molecule has 0 aromatic heterocycles. The van der Waals surface area contributed by atoms with Gasteiger partial charge in [0.1, 0.15) is 36.0 Å². The zero-order chi connectivity index (χ0) is 19.1. The van der Waals surface area contributed by atoms with E-state index in [4.69, 9.17) is 14.2 Å². The van der Waals surface area contributed by atoms with Gasteiger partial charge in [-0.25, -0.2) is 4.79 Å². The van der Waals surface area contributed by atoms with Crippen LogP contribution in [0.1, 0.15) is 21.5 Å². The van der Waals surface area contributed by atoms with Gasteiger partial charge < -0.3 is 14.2 Å². The second kappa shape index (κ2) is 8.90. The predicted octanol–water partition coefficient (Wildman–Crippen LogP) is 4.98. The summed E-state index contributed by atoms with van der Waals surface area (Å²) < 4.78 is 16.8. The Morgan fingerprint density at radius 3 is 2.22 bits per heavy atom. The van der Waals surface area contributed by atoms with Gasteiger partial charge in [0, 0.05) is 0 Å². The number of para-hydroxylation sites is 2. The predicted molar refractivity (Wildman–Crippen MR) is 105 cm³/mol. The molecule has 138 valence electrons. The number of ether oxygens (including phenoxy) is 3. The third-order valence-corrected chi connectivity index (χ3v) is 4.15.